The lowest BCUT2D eigenvalue weighted by atomic mass is 10.1. The van der Waals surface area contributed by atoms with E-state index in [0.717, 1.165) is 11.3 Å². The highest BCUT2D eigenvalue weighted by Gasteiger charge is 2.25. The van der Waals surface area contributed by atoms with Crippen LogP contribution < -0.4 is 5.32 Å². The minimum Gasteiger partial charge on any atom is -0.383 e. The number of carbonyl (C=O) groups is 1. The number of amides is 1. The van der Waals surface area contributed by atoms with E-state index in [1.54, 1.807) is 6.92 Å². The topological polar surface area (TPSA) is 49.3 Å². The smallest absolute Gasteiger partial charge is 0.261 e. The van der Waals surface area contributed by atoms with Gasteiger partial charge in [0.05, 0.1) is 11.4 Å². The van der Waals surface area contributed by atoms with Gasteiger partial charge in [-0.25, -0.2) is 0 Å². The SMILES string of the molecule is CCc1cc(C(=O)NCC(C)(O)c2cccs2)sc1C. The average Bonchev–Trinajstić information content (AvgIpc) is 3.05. The number of aliphatic hydroxyl groups is 1. The van der Waals surface area contributed by atoms with Crippen molar-refractivity contribution in [2.45, 2.75) is 32.8 Å². The van der Waals surface area contributed by atoms with Crippen LogP contribution in [0.2, 0.25) is 0 Å². The van der Waals surface area contributed by atoms with Gasteiger partial charge in [0.25, 0.3) is 5.91 Å². The zero-order valence-corrected chi connectivity index (χ0v) is 13.5. The summed E-state index contributed by atoms with van der Waals surface area (Å²) < 4.78 is 0. The summed E-state index contributed by atoms with van der Waals surface area (Å²) in [5, 5.41) is 15.1. The summed E-state index contributed by atoms with van der Waals surface area (Å²) >= 11 is 2.99. The zero-order chi connectivity index (χ0) is 14.8. The Morgan fingerprint density at radius 2 is 2.25 bits per heavy atom. The molecular formula is C15H19NO2S2. The number of aryl methyl sites for hydroxylation is 2. The highest BCUT2D eigenvalue weighted by molar-refractivity contribution is 7.14. The largest absolute Gasteiger partial charge is 0.383 e. The van der Waals surface area contributed by atoms with E-state index in [1.165, 1.54) is 33.1 Å². The van der Waals surface area contributed by atoms with Crippen LogP contribution >= 0.6 is 22.7 Å². The summed E-state index contributed by atoms with van der Waals surface area (Å²) in [6, 6.07) is 5.71. The van der Waals surface area contributed by atoms with E-state index in [-0.39, 0.29) is 12.5 Å². The van der Waals surface area contributed by atoms with Crippen LogP contribution in [0, 0.1) is 6.92 Å². The summed E-state index contributed by atoms with van der Waals surface area (Å²) in [5.41, 5.74) is 0.189. The van der Waals surface area contributed by atoms with Crippen LogP contribution in [0.4, 0.5) is 0 Å². The molecule has 3 nitrogen and oxygen atoms in total. The van der Waals surface area contributed by atoms with E-state index in [0.29, 0.717) is 4.88 Å². The molecule has 2 heterocycles. The lowest BCUT2D eigenvalue weighted by Gasteiger charge is -2.22. The first-order valence-electron chi connectivity index (χ1n) is 6.58. The molecule has 0 aliphatic rings. The van der Waals surface area contributed by atoms with Crippen molar-refractivity contribution in [3.63, 3.8) is 0 Å². The maximum Gasteiger partial charge on any atom is 0.261 e. The fourth-order valence-electron chi connectivity index (χ4n) is 1.99. The van der Waals surface area contributed by atoms with Gasteiger partial charge in [0, 0.05) is 9.75 Å². The predicted molar refractivity (Wildman–Crippen MR) is 84.7 cm³/mol. The lowest BCUT2D eigenvalue weighted by Crippen LogP contribution is -2.37. The normalized spacial score (nSPS) is 14.0. The third-order valence-corrected chi connectivity index (χ3v) is 5.48. The van der Waals surface area contributed by atoms with Gasteiger partial charge in [-0.1, -0.05) is 13.0 Å². The predicted octanol–water partition coefficient (Wildman–Crippen LogP) is 3.32. The summed E-state index contributed by atoms with van der Waals surface area (Å²) in [6.07, 6.45) is 0.933. The molecule has 2 rings (SSSR count). The van der Waals surface area contributed by atoms with Crippen LogP contribution in [0.25, 0.3) is 0 Å². The number of hydrogen-bond donors (Lipinski definition) is 2. The number of carbonyl (C=O) groups excluding carboxylic acids is 1. The molecule has 0 aromatic carbocycles. The van der Waals surface area contributed by atoms with Crippen molar-refractivity contribution in [2.24, 2.45) is 0 Å². The molecule has 0 aliphatic carbocycles. The second-order valence-corrected chi connectivity index (χ2v) is 7.18. The second kappa shape index (κ2) is 6.08. The van der Waals surface area contributed by atoms with Gasteiger partial charge in [0.15, 0.2) is 0 Å². The highest BCUT2D eigenvalue weighted by Crippen LogP contribution is 2.25. The van der Waals surface area contributed by atoms with Gasteiger partial charge in [-0.3, -0.25) is 4.79 Å². The Bertz CT molecular complexity index is 585. The molecule has 5 heteroatoms. The van der Waals surface area contributed by atoms with Gasteiger partial charge in [0.1, 0.15) is 5.60 Å². The maximum absolute atomic E-state index is 12.1. The minimum atomic E-state index is -1.02. The Balaban J connectivity index is 2.01. The Morgan fingerprint density at radius 3 is 2.80 bits per heavy atom. The molecule has 0 fully saturated rings. The van der Waals surface area contributed by atoms with Gasteiger partial charge in [-0.15, -0.1) is 22.7 Å². The summed E-state index contributed by atoms with van der Waals surface area (Å²) in [6.45, 7) is 6.04. The van der Waals surface area contributed by atoms with Crippen LogP contribution in [0.3, 0.4) is 0 Å². The lowest BCUT2D eigenvalue weighted by molar-refractivity contribution is 0.0558. The molecule has 1 atom stereocenters. The van der Waals surface area contributed by atoms with Gasteiger partial charge in [-0.05, 0) is 43.3 Å². The number of hydrogen-bond acceptors (Lipinski definition) is 4. The van der Waals surface area contributed by atoms with Gasteiger partial charge >= 0.3 is 0 Å². The molecule has 0 aliphatic heterocycles. The van der Waals surface area contributed by atoms with E-state index < -0.39 is 5.60 Å². The summed E-state index contributed by atoms with van der Waals surface area (Å²) in [5.74, 6) is -0.116. The van der Waals surface area contributed by atoms with E-state index in [2.05, 4.69) is 12.2 Å². The molecular weight excluding hydrogens is 290 g/mol. The molecule has 2 aromatic heterocycles. The van der Waals surface area contributed by atoms with Crippen molar-refractivity contribution in [1.29, 1.82) is 0 Å². The van der Waals surface area contributed by atoms with Crippen LogP contribution in [-0.4, -0.2) is 17.6 Å². The monoisotopic (exact) mass is 309 g/mol. The molecule has 0 saturated heterocycles. The number of thiophene rings is 2. The van der Waals surface area contributed by atoms with Crippen LogP contribution in [-0.2, 0) is 12.0 Å². The highest BCUT2D eigenvalue weighted by atomic mass is 32.1. The van der Waals surface area contributed by atoms with Gasteiger partial charge in [0.2, 0.25) is 0 Å². The maximum atomic E-state index is 12.1. The first-order chi connectivity index (χ1) is 9.44. The van der Waals surface area contributed by atoms with Crippen molar-refractivity contribution < 1.29 is 9.90 Å². The van der Waals surface area contributed by atoms with E-state index in [1.807, 2.05) is 30.5 Å². The minimum absolute atomic E-state index is 0.116. The zero-order valence-electron chi connectivity index (χ0n) is 11.9. The van der Waals surface area contributed by atoms with Crippen molar-refractivity contribution >= 4 is 28.6 Å². The van der Waals surface area contributed by atoms with Crippen molar-refractivity contribution in [3.05, 3.63) is 43.8 Å². The van der Waals surface area contributed by atoms with E-state index in [4.69, 9.17) is 0 Å². The van der Waals surface area contributed by atoms with Crippen LogP contribution in [0.5, 0.6) is 0 Å². The third-order valence-electron chi connectivity index (χ3n) is 3.27. The Morgan fingerprint density at radius 1 is 1.50 bits per heavy atom. The molecule has 20 heavy (non-hydrogen) atoms. The van der Waals surface area contributed by atoms with Crippen LogP contribution in [0.15, 0.2) is 23.6 Å². The molecule has 1 amide bonds. The van der Waals surface area contributed by atoms with Crippen LogP contribution in [0.1, 0.15) is 38.8 Å². The Kier molecular flexibility index (Phi) is 4.62. The number of rotatable bonds is 5. The summed E-state index contributed by atoms with van der Waals surface area (Å²) in [4.78, 5) is 14.9. The first-order valence-corrected chi connectivity index (χ1v) is 8.27. The Hall–Kier alpha value is -1.17. The molecule has 2 aromatic rings. The number of nitrogens with one attached hydrogen (secondary N) is 1. The first kappa shape index (κ1) is 15.2. The Labute approximate surface area is 127 Å². The van der Waals surface area contributed by atoms with Gasteiger partial charge < -0.3 is 10.4 Å². The van der Waals surface area contributed by atoms with Crippen molar-refractivity contribution in [3.8, 4) is 0 Å². The fourth-order valence-corrected chi connectivity index (χ4v) is 3.81. The molecule has 1 unspecified atom stereocenters. The fraction of sp³-hybridized carbons (Fsp3) is 0.400. The summed E-state index contributed by atoms with van der Waals surface area (Å²) in [7, 11) is 0. The van der Waals surface area contributed by atoms with E-state index >= 15 is 0 Å². The molecule has 0 bridgehead atoms. The molecule has 0 saturated carbocycles. The van der Waals surface area contributed by atoms with Crippen molar-refractivity contribution in [2.75, 3.05) is 6.54 Å². The molecule has 2 N–H and O–H groups in total. The molecule has 0 radical (unpaired) electrons. The van der Waals surface area contributed by atoms with E-state index in [9.17, 15) is 9.90 Å². The average molecular weight is 309 g/mol. The second-order valence-electron chi connectivity index (χ2n) is 4.98. The van der Waals surface area contributed by atoms with Crippen molar-refractivity contribution in [1.82, 2.24) is 5.32 Å². The third kappa shape index (κ3) is 3.29. The standard InChI is InChI=1S/C15H19NO2S2/c1-4-11-8-12(20-10(11)2)14(17)16-9-15(3,18)13-6-5-7-19-13/h5-8,18H,4,9H2,1-3H3,(H,16,17). The molecule has 0 spiro atoms. The quantitative estimate of drug-likeness (QED) is 0.890. The van der Waals surface area contributed by atoms with Gasteiger partial charge in [-0.2, -0.15) is 0 Å². The molecule has 108 valence electrons.